The van der Waals surface area contributed by atoms with Crippen LogP contribution in [0.25, 0.3) is 0 Å². The van der Waals surface area contributed by atoms with E-state index in [1.54, 1.807) is 0 Å². The van der Waals surface area contributed by atoms with Gasteiger partial charge in [0.05, 0.1) is 6.61 Å². The second-order valence-corrected chi connectivity index (χ2v) is 5.95. The van der Waals surface area contributed by atoms with E-state index in [4.69, 9.17) is 10.5 Å². The normalized spacial score (nSPS) is 18.4. The van der Waals surface area contributed by atoms with Gasteiger partial charge in [0.25, 0.3) is 0 Å². The van der Waals surface area contributed by atoms with E-state index in [-0.39, 0.29) is 18.8 Å². The molecule has 1 aromatic carbocycles. The Morgan fingerprint density at radius 1 is 1.37 bits per heavy atom. The van der Waals surface area contributed by atoms with Crippen molar-refractivity contribution >= 4 is 0 Å². The fourth-order valence-corrected chi connectivity index (χ4v) is 2.41. The summed E-state index contributed by atoms with van der Waals surface area (Å²) in [5.41, 5.74) is 8.50. The van der Waals surface area contributed by atoms with Crippen LogP contribution in [0.15, 0.2) is 18.2 Å². The van der Waals surface area contributed by atoms with Crippen LogP contribution in [0, 0.1) is 12.8 Å². The minimum absolute atomic E-state index is 0.0247. The predicted octanol–water partition coefficient (Wildman–Crippen LogP) is 2.60. The molecular formula is C16H25NO2. The maximum absolute atomic E-state index is 9.53. The van der Waals surface area contributed by atoms with Gasteiger partial charge in [-0.2, -0.15) is 0 Å². The van der Waals surface area contributed by atoms with E-state index in [1.807, 2.05) is 13.0 Å². The van der Waals surface area contributed by atoms with E-state index in [2.05, 4.69) is 26.0 Å². The molecule has 0 aromatic heterocycles. The van der Waals surface area contributed by atoms with Crippen LogP contribution in [0.4, 0.5) is 0 Å². The van der Waals surface area contributed by atoms with Gasteiger partial charge in [-0.1, -0.05) is 26.0 Å². The van der Waals surface area contributed by atoms with Gasteiger partial charge in [-0.3, -0.25) is 0 Å². The zero-order valence-corrected chi connectivity index (χ0v) is 12.1. The summed E-state index contributed by atoms with van der Waals surface area (Å²) in [6.45, 7) is 6.31. The second-order valence-electron chi connectivity index (χ2n) is 5.95. The van der Waals surface area contributed by atoms with Crippen LogP contribution >= 0.6 is 0 Å². The number of aryl methyl sites for hydroxylation is 1. The van der Waals surface area contributed by atoms with Gasteiger partial charge in [-0.05, 0) is 48.8 Å². The molecule has 2 atom stereocenters. The molecule has 2 rings (SSSR count). The molecule has 0 bridgehead atoms. The SMILES string of the molecule is Cc1ccc(C(C)C)c(OC(CO)C(N)C2CC2)c1. The molecule has 1 aliphatic rings. The van der Waals surface area contributed by atoms with Crippen molar-refractivity contribution in [3.05, 3.63) is 29.3 Å². The van der Waals surface area contributed by atoms with Crippen molar-refractivity contribution in [3.63, 3.8) is 0 Å². The highest BCUT2D eigenvalue weighted by Crippen LogP contribution is 2.35. The number of hydrogen-bond donors (Lipinski definition) is 2. The molecule has 0 aliphatic heterocycles. The van der Waals surface area contributed by atoms with Crippen molar-refractivity contribution in [3.8, 4) is 5.75 Å². The highest BCUT2D eigenvalue weighted by molar-refractivity contribution is 5.39. The number of benzene rings is 1. The van der Waals surface area contributed by atoms with Gasteiger partial charge in [0, 0.05) is 6.04 Å². The van der Waals surface area contributed by atoms with Crippen LogP contribution in [-0.4, -0.2) is 23.9 Å². The first-order valence-electron chi connectivity index (χ1n) is 7.16. The first-order chi connectivity index (χ1) is 9.02. The number of hydrogen-bond acceptors (Lipinski definition) is 3. The molecule has 1 fully saturated rings. The fourth-order valence-electron chi connectivity index (χ4n) is 2.41. The summed E-state index contributed by atoms with van der Waals surface area (Å²) in [4.78, 5) is 0. The molecule has 106 valence electrons. The Morgan fingerprint density at radius 2 is 2.05 bits per heavy atom. The van der Waals surface area contributed by atoms with Crippen molar-refractivity contribution < 1.29 is 9.84 Å². The lowest BCUT2D eigenvalue weighted by Crippen LogP contribution is -2.43. The Balaban J connectivity index is 2.17. The Bertz CT molecular complexity index is 427. The van der Waals surface area contributed by atoms with Crippen molar-refractivity contribution in [2.24, 2.45) is 11.7 Å². The predicted molar refractivity (Wildman–Crippen MR) is 77.5 cm³/mol. The molecule has 2 unspecified atom stereocenters. The minimum Gasteiger partial charge on any atom is -0.486 e. The van der Waals surface area contributed by atoms with Crippen molar-refractivity contribution in [2.75, 3.05) is 6.61 Å². The molecule has 1 aromatic rings. The first-order valence-corrected chi connectivity index (χ1v) is 7.16. The van der Waals surface area contributed by atoms with Gasteiger partial charge >= 0.3 is 0 Å². The molecule has 0 radical (unpaired) electrons. The van der Waals surface area contributed by atoms with Gasteiger partial charge in [0.2, 0.25) is 0 Å². The topological polar surface area (TPSA) is 55.5 Å². The van der Waals surface area contributed by atoms with E-state index in [1.165, 1.54) is 5.56 Å². The summed E-state index contributed by atoms with van der Waals surface area (Å²) < 4.78 is 6.02. The van der Waals surface area contributed by atoms with Gasteiger partial charge in [0.15, 0.2) is 0 Å². The van der Waals surface area contributed by atoms with E-state index < -0.39 is 0 Å². The van der Waals surface area contributed by atoms with Crippen LogP contribution in [0.1, 0.15) is 43.7 Å². The van der Waals surface area contributed by atoms with Gasteiger partial charge in [0.1, 0.15) is 11.9 Å². The molecule has 0 saturated heterocycles. The maximum atomic E-state index is 9.53. The summed E-state index contributed by atoms with van der Waals surface area (Å²) in [6.07, 6.45) is 2.02. The Labute approximate surface area is 115 Å². The summed E-state index contributed by atoms with van der Waals surface area (Å²) in [5, 5.41) is 9.53. The number of rotatable bonds is 6. The molecule has 3 nitrogen and oxygen atoms in total. The summed E-state index contributed by atoms with van der Waals surface area (Å²) in [5.74, 6) is 1.78. The van der Waals surface area contributed by atoms with Crippen molar-refractivity contribution in [1.29, 1.82) is 0 Å². The highest BCUT2D eigenvalue weighted by atomic mass is 16.5. The zero-order valence-electron chi connectivity index (χ0n) is 12.1. The molecule has 3 N–H and O–H groups in total. The molecule has 3 heteroatoms. The lowest BCUT2D eigenvalue weighted by atomic mass is 10.00. The fraction of sp³-hybridized carbons (Fsp3) is 0.625. The van der Waals surface area contributed by atoms with E-state index >= 15 is 0 Å². The Morgan fingerprint density at radius 3 is 2.58 bits per heavy atom. The van der Waals surface area contributed by atoms with Crippen molar-refractivity contribution in [2.45, 2.75) is 51.7 Å². The number of ether oxygens (including phenoxy) is 1. The average molecular weight is 263 g/mol. The van der Waals surface area contributed by atoms with Crippen LogP contribution in [0.3, 0.4) is 0 Å². The lowest BCUT2D eigenvalue weighted by Gasteiger charge is -2.25. The molecule has 1 saturated carbocycles. The highest BCUT2D eigenvalue weighted by Gasteiger charge is 2.35. The summed E-state index contributed by atoms with van der Waals surface area (Å²) in [6, 6.07) is 6.17. The van der Waals surface area contributed by atoms with Gasteiger partial charge in [-0.25, -0.2) is 0 Å². The van der Waals surface area contributed by atoms with Gasteiger partial charge in [-0.15, -0.1) is 0 Å². The van der Waals surface area contributed by atoms with E-state index in [0.29, 0.717) is 11.8 Å². The van der Waals surface area contributed by atoms with E-state index in [0.717, 1.165) is 24.2 Å². The zero-order chi connectivity index (χ0) is 14.0. The van der Waals surface area contributed by atoms with Crippen molar-refractivity contribution in [1.82, 2.24) is 0 Å². The molecule has 0 heterocycles. The lowest BCUT2D eigenvalue weighted by molar-refractivity contribution is 0.0871. The standard InChI is InChI=1S/C16H25NO2/c1-10(2)13-7-4-11(3)8-14(13)19-15(9-18)16(17)12-5-6-12/h4,7-8,10,12,15-16,18H,5-6,9,17H2,1-3H3. The van der Waals surface area contributed by atoms with E-state index in [9.17, 15) is 5.11 Å². The number of nitrogens with two attached hydrogens (primary N) is 1. The molecule has 19 heavy (non-hydrogen) atoms. The quantitative estimate of drug-likeness (QED) is 0.829. The monoisotopic (exact) mass is 263 g/mol. The van der Waals surface area contributed by atoms with Gasteiger partial charge < -0.3 is 15.6 Å². The van der Waals surface area contributed by atoms with Crippen LogP contribution in [0.5, 0.6) is 5.75 Å². The molecule has 0 spiro atoms. The third kappa shape index (κ3) is 3.48. The molecule has 0 amide bonds. The molecule has 1 aliphatic carbocycles. The Kier molecular flexibility index (Phi) is 4.48. The number of aliphatic hydroxyl groups excluding tert-OH is 1. The largest absolute Gasteiger partial charge is 0.486 e. The minimum atomic E-state index is -0.299. The van der Waals surface area contributed by atoms with Crippen LogP contribution < -0.4 is 10.5 Å². The summed E-state index contributed by atoms with van der Waals surface area (Å²) >= 11 is 0. The molecular weight excluding hydrogens is 238 g/mol. The first kappa shape index (κ1) is 14.4. The van der Waals surface area contributed by atoms with Crippen LogP contribution in [0.2, 0.25) is 0 Å². The summed E-state index contributed by atoms with van der Waals surface area (Å²) in [7, 11) is 0. The second kappa shape index (κ2) is 5.93. The Hall–Kier alpha value is -1.06. The number of aliphatic hydroxyl groups is 1. The maximum Gasteiger partial charge on any atom is 0.137 e. The average Bonchev–Trinajstić information content (AvgIpc) is 3.19. The van der Waals surface area contributed by atoms with Crippen LogP contribution in [-0.2, 0) is 0 Å². The smallest absolute Gasteiger partial charge is 0.137 e. The third-order valence-corrected chi connectivity index (χ3v) is 3.85. The third-order valence-electron chi connectivity index (χ3n) is 3.85.